The number of hydrogen-bond acceptors (Lipinski definition) is 3. The third-order valence-electron chi connectivity index (χ3n) is 1.94. The Morgan fingerprint density at radius 3 is 2.93 bits per heavy atom. The van der Waals surface area contributed by atoms with E-state index in [2.05, 4.69) is 11.4 Å². The molecule has 2 nitrogen and oxygen atoms in total. The summed E-state index contributed by atoms with van der Waals surface area (Å²) in [5.41, 5.74) is 5.65. The van der Waals surface area contributed by atoms with Crippen molar-refractivity contribution in [1.82, 2.24) is 5.32 Å². The molecule has 1 aromatic heterocycles. The molecular weight excluding hydrogens is 216 g/mol. The van der Waals surface area contributed by atoms with Gasteiger partial charge in [0.2, 0.25) is 0 Å². The standard InChI is InChI=1S/C10H17ClN2S/c1-8(12)3-2-6-13-7-9-4-5-10(11)14-9/h4-5,8,13H,2-3,6-7,12H2,1H3. The van der Waals surface area contributed by atoms with Crippen LogP contribution in [0.15, 0.2) is 12.1 Å². The van der Waals surface area contributed by atoms with E-state index < -0.39 is 0 Å². The minimum Gasteiger partial charge on any atom is -0.328 e. The van der Waals surface area contributed by atoms with Crippen LogP contribution in [-0.4, -0.2) is 12.6 Å². The van der Waals surface area contributed by atoms with Gasteiger partial charge in [-0.3, -0.25) is 0 Å². The average Bonchev–Trinajstić information content (AvgIpc) is 2.50. The fourth-order valence-electron chi connectivity index (χ4n) is 1.21. The summed E-state index contributed by atoms with van der Waals surface area (Å²) >= 11 is 7.45. The van der Waals surface area contributed by atoms with Gasteiger partial charge in [0.15, 0.2) is 0 Å². The molecule has 1 aromatic rings. The summed E-state index contributed by atoms with van der Waals surface area (Å²) in [6, 6.07) is 4.31. The molecule has 0 aliphatic rings. The summed E-state index contributed by atoms with van der Waals surface area (Å²) < 4.78 is 0.859. The quantitative estimate of drug-likeness (QED) is 0.740. The predicted molar refractivity (Wildman–Crippen MR) is 63.9 cm³/mol. The molecule has 80 valence electrons. The minimum atomic E-state index is 0.313. The first-order valence-electron chi connectivity index (χ1n) is 4.89. The molecule has 4 heteroatoms. The van der Waals surface area contributed by atoms with E-state index in [1.807, 2.05) is 13.0 Å². The van der Waals surface area contributed by atoms with E-state index in [1.165, 1.54) is 4.88 Å². The van der Waals surface area contributed by atoms with Crippen LogP contribution < -0.4 is 11.1 Å². The molecule has 0 aliphatic heterocycles. The molecule has 0 saturated carbocycles. The van der Waals surface area contributed by atoms with Gasteiger partial charge >= 0.3 is 0 Å². The second-order valence-corrected chi connectivity index (χ2v) is 5.30. The number of nitrogens with two attached hydrogens (primary N) is 1. The van der Waals surface area contributed by atoms with Crippen molar-refractivity contribution in [3.63, 3.8) is 0 Å². The fraction of sp³-hybridized carbons (Fsp3) is 0.600. The monoisotopic (exact) mass is 232 g/mol. The third-order valence-corrected chi connectivity index (χ3v) is 3.17. The van der Waals surface area contributed by atoms with Gasteiger partial charge in [0.25, 0.3) is 0 Å². The van der Waals surface area contributed by atoms with Crippen LogP contribution >= 0.6 is 22.9 Å². The van der Waals surface area contributed by atoms with Crippen molar-refractivity contribution in [1.29, 1.82) is 0 Å². The molecule has 14 heavy (non-hydrogen) atoms. The average molecular weight is 233 g/mol. The predicted octanol–water partition coefficient (Wildman–Crippen LogP) is 2.62. The number of hydrogen-bond donors (Lipinski definition) is 2. The maximum Gasteiger partial charge on any atom is 0.0931 e. The lowest BCUT2D eigenvalue weighted by atomic mass is 10.2. The van der Waals surface area contributed by atoms with Crippen molar-refractivity contribution in [3.8, 4) is 0 Å². The maximum absolute atomic E-state index is 5.82. The van der Waals surface area contributed by atoms with Crippen molar-refractivity contribution in [2.45, 2.75) is 32.4 Å². The summed E-state index contributed by atoms with van der Waals surface area (Å²) in [5.74, 6) is 0. The van der Waals surface area contributed by atoms with Crippen molar-refractivity contribution in [2.75, 3.05) is 6.54 Å². The summed E-state index contributed by atoms with van der Waals surface area (Å²) in [6.07, 6.45) is 2.22. The smallest absolute Gasteiger partial charge is 0.0931 e. The largest absolute Gasteiger partial charge is 0.328 e. The van der Waals surface area contributed by atoms with Crippen molar-refractivity contribution in [2.24, 2.45) is 5.73 Å². The second-order valence-electron chi connectivity index (χ2n) is 3.50. The second kappa shape index (κ2) is 6.40. The molecular formula is C10H17ClN2S. The Bertz CT molecular complexity index is 260. The summed E-state index contributed by atoms with van der Waals surface area (Å²) in [4.78, 5) is 1.29. The van der Waals surface area contributed by atoms with Crippen LogP contribution in [0.25, 0.3) is 0 Å². The summed E-state index contributed by atoms with van der Waals surface area (Å²) in [5, 5.41) is 3.37. The fourth-order valence-corrected chi connectivity index (χ4v) is 2.26. The van der Waals surface area contributed by atoms with Gasteiger partial charge in [-0.1, -0.05) is 11.6 Å². The molecule has 1 atom stereocenters. The number of halogens is 1. The lowest BCUT2D eigenvalue weighted by Crippen LogP contribution is -2.19. The Kier molecular flexibility index (Phi) is 5.48. The summed E-state index contributed by atoms with van der Waals surface area (Å²) in [7, 11) is 0. The van der Waals surface area contributed by atoms with Gasteiger partial charge in [-0.2, -0.15) is 0 Å². The van der Waals surface area contributed by atoms with Crippen molar-refractivity contribution >= 4 is 22.9 Å². The van der Waals surface area contributed by atoms with Gasteiger partial charge in [-0.25, -0.2) is 0 Å². The maximum atomic E-state index is 5.82. The topological polar surface area (TPSA) is 38.0 Å². The Labute approximate surface area is 94.5 Å². The molecule has 0 amide bonds. The van der Waals surface area contributed by atoms with E-state index in [0.717, 1.165) is 30.3 Å². The van der Waals surface area contributed by atoms with E-state index in [1.54, 1.807) is 11.3 Å². The Morgan fingerprint density at radius 2 is 2.36 bits per heavy atom. The third kappa shape index (κ3) is 4.96. The first-order chi connectivity index (χ1) is 6.68. The van der Waals surface area contributed by atoms with Crippen molar-refractivity contribution in [3.05, 3.63) is 21.3 Å². The minimum absolute atomic E-state index is 0.313. The molecule has 1 heterocycles. The number of nitrogens with one attached hydrogen (secondary N) is 1. The molecule has 3 N–H and O–H groups in total. The number of rotatable bonds is 6. The zero-order valence-corrected chi connectivity index (χ0v) is 10.00. The van der Waals surface area contributed by atoms with Crippen LogP contribution in [0.2, 0.25) is 4.34 Å². The van der Waals surface area contributed by atoms with Gasteiger partial charge in [0.1, 0.15) is 0 Å². The molecule has 0 fully saturated rings. The molecule has 1 rings (SSSR count). The van der Waals surface area contributed by atoms with Crippen LogP contribution in [-0.2, 0) is 6.54 Å². The zero-order chi connectivity index (χ0) is 10.4. The lowest BCUT2D eigenvalue weighted by Gasteiger charge is -2.05. The van der Waals surface area contributed by atoms with Crippen LogP contribution in [0.4, 0.5) is 0 Å². The van der Waals surface area contributed by atoms with Gasteiger partial charge in [0.05, 0.1) is 4.34 Å². The molecule has 0 bridgehead atoms. The molecule has 0 saturated heterocycles. The first kappa shape index (κ1) is 12.0. The van der Waals surface area contributed by atoms with E-state index >= 15 is 0 Å². The Morgan fingerprint density at radius 1 is 1.57 bits per heavy atom. The highest BCUT2D eigenvalue weighted by molar-refractivity contribution is 7.16. The van der Waals surface area contributed by atoms with Gasteiger partial charge in [-0.05, 0) is 38.4 Å². The first-order valence-corrected chi connectivity index (χ1v) is 6.08. The highest BCUT2D eigenvalue weighted by Gasteiger charge is 1.97. The Hall–Kier alpha value is -0.0900. The van der Waals surface area contributed by atoms with E-state index in [0.29, 0.717) is 6.04 Å². The Balaban J connectivity index is 2.04. The highest BCUT2D eigenvalue weighted by Crippen LogP contribution is 2.20. The number of thiophene rings is 1. The van der Waals surface area contributed by atoms with Gasteiger partial charge in [0, 0.05) is 17.5 Å². The van der Waals surface area contributed by atoms with Crippen LogP contribution in [0.3, 0.4) is 0 Å². The molecule has 0 aromatic carbocycles. The van der Waals surface area contributed by atoms with Crippen molar-refractivity contribution < 1.29 is 0 Å². The lowest BCUT2D eigenvalue weighted by molar-refractivity contribution is 0.576. The van der Waals surface area contributed by atoms with Gasteiger partial charge in [-0.15, -0.1) is 11.3 Å². The molecule has 0 radical (unpaired) electrons. The molecule has 0 aliphatic carbocycles. The molecule has 1 unspecified atom stereocenters. The highest BCUT2D eigenvalue weighted by atomic mass is 35.5. The van der Waals surface area contributed by atoms with E-state index in [9.17, 15) is 0 Å². The normalized spacial score (nSPS) is 13.1. The van der Waals surface area contributed by atoms with E-state index in [4.69, 9.17) is 17.3 Å². The van der Waals surface area contributed by atoms with Gasteiger partial charge < -0.3 is 11.1 Å². The van der Waals surface area contributed by atoms with E-state index in [-0.39, 0.29) is 0 Å². The van der Waals surface area contributed by atoms with Crippen LogP contribution in [0.1, 0.15) is 24.6 Å². The summed E-state index contributed by atoms with van der Waals surface area (Å²) in [6.45, 7) is 3.98. The SMILES string of the molecule is CC(N)CCCNCc1ccc(Cl)s1. The van der Waals surface area contributed by atoms with Crippen LogP contribution in [0.5, 0.6) is 0 Å². The zero-order valence-electron chi connectivity index (χ0n) is 8.42. The molecule has 0 spiro atoms. The van der Waals surface area contributed by atoms with Crippen LogP contribution in [0, 0.1) is 0 Å².